The fourth-order valence-electron chi connectivity index (χ4n) is 2.62. The Morgan fingerprint density at radius 1 is 1.05 bits per heavy atom. The summed E-state index contributed by atoms with van der Waals surface area (Å²) in [6.45, 7) is 0. The third-order valence-electron chi connectivity index (χ3n) is 3.85. The normalized spacial score (nSPS) is 20.1. The van der Waals surface area contributed by atoms with Crippen molar-refractivity contribution in [3.8, 4) is 11.4 Å². The Bertz CT molecular complexity index is 819. The number of nitrogens with zero attached hydrogens (tertiary/aromatic N) is 3. The van der Waals surface area contributed by atoms with Gasteiger partial charge in [-0.2, -0.15) is 4.98 Å². The lowest BCUT2D eigenvalue weighted by molar-refractivity contribution is 0.378. The topological polar surface area (TPSA) is 51.8 Å². The second-order valence-electron chi connectivity index (χ2n) is 5.31. The van der Waals surface area contributed by atoms with Crippen LogP contribution >= 0.6 is 0 Å². The van der Waals surface area contributed by atoms with Gasteiger partial charge < -0.3 is 4.52 Å². The van der Waals surface area contributed by atoms with Gasteiger partial charge in [-0.1, -0.05) is 11.2 Å². The van der Waals surface area contributed by atoms with Crippen molar-refractivity contribution in [1.82, 2.24) is 15.1 Å². The van der Waals surface area contributed by atoms with Crippen molar-refractivity contribution < 1.29 is 13.3 Å². The first-order chi connectivity index (χ1) is 10.7. The average Bonchev–Trinajstić information content (AvgIpc) is 3.15. The Hall–Kier alpha value is -2.63. The molecule has 2 atom stereocenters. The molecule has 110 valence electrons. The number of benzene rings is 1. The number of halogens is 2. The van der Waals surface area contributed by atoms with Crippen molar-refractivity contribution in [2.45, 2.75) is 18.3 Å². The van der Waals surface area contributed by atoms with Crippen LogP contribution in [0.5, 0.6) is 0 Å². The summed E-state index contributed by atoms with van der Waals surface area (Å²) in [5.74, 6) is -0.171. The molecule has 4 nitrogen and oxygen atoms in total. The third kappa shape index (κ3) is 2.26. The molecule has 0 amide bonds. The lowest BCUT2D eigenvalue weighted by Gasteiger charge is -2.00. The first-order valence-electron chi connectivity index (χ1n) is 6.91. The highest BCUT2D eigenvalue weighted by atomic mass is 19.1. The van der Waals surface area contributed by atoms with Crippen molar-refractivity contribution in [3.05, 3.63) is 65.8 Å². The van der Waals surface area contributed by atoms with Gasteiger partial charge >= 0.3 is 0 Å². The zero-order valence-corrected chi connectivity index (χ0v) is 11.4. The molecule has 1 fully saturated rings. The van der Waals surface area contributed by atoms with Gasteiger partial charge in [-0.3, -0.25) is 4.98 Å². The molecule has 0 radical (unpaired) electrons. The Labute approximate surface area is 124 Å². The minimum atomic E-state index is -0.573. The average molecular weight is 299 g/mol. The van der Waals surface area contributed by atoms with E-state index in [4.69, 9.17) is 4.52 Å². The van der Waals surface area contributed by atoms with Gasteiger partial charge in [0.05, 0.1) is 0 Å². The van der Waals surface area contributed by atoms with Crippen LogP contribution in [0.4, 0.5) is 8.78 Å². The van der Waals surface area contributed by atoms with E-state index in [-0.39, 0.29) is 11.8 Å². The lowest BCUT2D eigenvalue weighted by atomic mass is 10.1. The van der Waals surface area contributed by atoms with Crippen LogP contribution in [0.25, 0.3) is 11.4 Å². The first kappa shape index (κ1) is 13.1. The van der Waals surface area contributed by atoms with E-state index in [1.807, 2.05) is 0 Å². The monoisotopic (exact) mass is 299 g/mol. The van der Waals surface area contributed by atoms with Crippen molar-refractivity contribution in [2.24, 2.45) is 0 Å². The predicted octanol–water partition coefficient (Wildman–Crippen LogP) is 3.68. The van der Waals surface area contributed by atoms with Gasteiger partial charge in [0.2, 0.25) is 11.7 Å². The van der Waals surface area contributed by atoms with Gasteiger partial charge in [0.1, 0.15) is 11.6 Å². The smallest absolute Gasteiger partial charge is 0.230 e. The Balaban J connectivity index is 1.57. The second-order valence-corrected chi connectivity index (χ2v) is 5.31. The molecule has 1 aliphatic carbocycles. The number of aromatic nitrogens is 3. The van der Waals surface area contributed by atoms with Crippen LogP contribution in [-0.2, 0) is 0 Å². The van der Waals surface area contributed by atoms with Crippen LogP contribution in [0, 0.1) is 11.6 Å². The molecule has 1 aromatic carbocycles. The maximum Gasteiger partial charge on any atom is 0.230 e. The summed E-state index contributed by atoms with van der Waals surface area (Å²) < 4.78 is 32.0. The van der Waals surface area contributed by atoms with Crippen molar-refractivity contribution in [3.63, 3.8) is 0 Å². The van der Waals surface area contributed by atoms with Gasteiger partial charge in [0.25, 0.3) is 0 Å². The first-order valence-corrected chi connectivity index (χ1v) is 6.91. The van der Waals surface area contributed by atoms with Crippen molar-refractivity contribution in [2.75, 3.05) is 0 Å². The molecule has 2 aromatic heterocycles. The van der Waals surface area contributed by atoms with E-state index < -0.39 is 11.6 Å². The molecule has 2 heterocycles. The van der Waals surface area contributed by atoms with E-state index in [1.54, 1.807) is 24.5 Å². The van der Waals surface area contributed by atoms with E-state index in [2.05, 4.69) is 15.1 Å². The third-order valence-corrected chi connectivity index (χ3v) is 3.85. The molecule has 1 saturated carbocycles. The number of rotatable bonds is 3. The minimum absolute atomic E-state index is 0.0111. The predicted molar refractivity (Wildman–Crippen MR) is 74.0 cm³/mol. The summed E-state index contributed by atoms with van der Waals surface area (Å²) in [5.41, 5.74) is 1.31. The van der Waals surface area contributed by atoms with Crippen LogP contribution < -0.4 is 0 Å². The number of hydrogen-bond acceptors (Lipinski definition) is 4. The molecule has 3 aromatic rings. The summed E-state index contributed by atoms with van der Waals surface area (Å²) in [6, 6.07) is 7.23. The zero-order valence-electron chi connectivity index (χ0n) is 11.4. The maximum atomic E-state index is 13.8. The molecule has 0 bridgehead atoms. The highest BCUT2D eigenvalue weighted by molar-refractivity contribution is 5.52. The standard InChI is InChI=1S/C16H11F2N3O/c17-10-1-2-11(14(18)7-10)12-8-13(12)16-20-15(21-22-16)9-3-5-19-6-4-9/h1-7,12-13H,8H2/t12-,13+/m0/s1. The Morgan fingerprint density at radius 2 is 1.86 bits per heavy atom. The SMILES string of the molecule is Fc1ccc([C@@H]2C[C@H]2c2nc(-c3ccncc3)no2)c(F)c1. The Kier molecular flexibility index (Phi) is 2.96. The molecule has 0 saturated heterocycles. The van der Waals surface area contributed by atoms with E-state index in [1.165, 1.54) is 12.1 Å². The molecule has 4 rings (SSSR count). The van der Waals surface area contributed by atoms with Crippen molar-refractivity contribution >= 4 is 0 Å². The molecule has 1 aliphatic rings. The van der Waals surface area contributed by atoms with Gasteiger partial charge in [-0.15, -0.1) is 0 Å². The molecular weight excluding hydrogens is 288 g/mol. The van der Waals surface area contributed by atoms with E-state index in [0.717, 1.165) is 18.1 Å². The molecular formula is C16H11F2N3O. The van der Waals surface area contributed by atoms with E-state index >= 15 is 0 Å². The summed E-state index contributed by atoms with van der Waals surface area (Å²) >= 11 is 0. The highest BCUT2D eigenvalue weighted by Gasteiger charge is 2.45. The van der Waals surface area contributed by atoms with Crippen LogP contribution in [0.2, 0.25) is 0 Å². The van der Waals surface area contributed by atoms with Gasteiger partial charge in [0, 0.05) is 29.9 Å². The summed E-state index contributed by atoms with van der Waals surface area (Å²) in [6.07, 6.45) is 4.03. The molecule has 0 aliphatic heterocycles. The lowest BCUT2D eigenvalue weighted by Crippen LogP contribution is -1.91. The van der Waals surface area contributed by atoms with Crippen LogP contribution in [0.1, 0.15) is 29.7 Å². The van der Waals surface area contributed by atoms with Crippen LogP contribution in [0.15, 0.2) is 47.2 Å². The molecule has 6 heteroatoms. The molecule has 0 N–H and O–H groups in total. The summed E-state index contributed by atoms with van der Waals surface area (Å²) in [7, 11) is 0. The fourth-order valence-corrected chi connectivity index (χ4v) is 2.62. The van der Waals surface area contributed by atoms with Crippen LogP contribution in [0.3, 0.4) is 0 Å². The molecule has 0 spiro atoms. The van der Waals surface area contributed by atoms with Crippen LogP contribution in [-0.4, -0.2) is 15.1 Å². The van der Waals surface area contributed by atoms with Crippen molar-refractivity contribution in [1.29, 1.82) is 0 Å². The second kappa shape index (κ2) is 4.98. The Morgan fingerprint density at radius 3 is 2.64 bits per heavy atom. The quantitative estimate of drug-likeness (QED) is 0.740. The molecule has 0 unspecified atom stereocenters. The minimum Gasteiger partial charge on any atom is -0.339 e. The van der Waals surface area contributed by atoms with Gasteiger partial charge in [-0.05, 0) is 36.1 Å². The largest absolute Gasteiger partial charge is 0.339 e. The maximum absolute atomic E-state index is 13.8. The zero-order chi connectivity index (χ0) is 15.1. The summed E-state index contributed by atoms with van der Waals surface area (Å²) in [4.78, 5) is 8.30. The fraction of sp³-hybridized carbons (Fsp3) is 0.188. The molecule has 22 heavy (non-hydrogen) atoms. The summed E-state index contributed by atoms with van der Waals surface area (Å²) in [5, 5.41) is 3.94. The number of hydrogen-bond donors (Lipinski definition) is 0. The number of pyridine rings is 1. The van der Waals surface area contributed by atoms with E-state index in [0.29, 0.717) is 17.3 Å². The van der Waals surface area contributed by atoms with E-state index in [9.17, 15) is 8.78 Å². The highest BCUT2D eigenvalue weighted by Crippen LogP contribution is 2.54. The van der Waals surface area contributed by atoms with Gasteiger partial charge in [-0.25, -0.2) is 8.78 Å². The van der Waals surface area contributed by atoms with Gasteiger partial charge in [0.15, 0.2) is 0 Å².